The number of benzene rings is 1. The van der Waals surface area contributed by atoms with E-state index in [1.165, 1.54) is 0 Å². The molecule has 0 bridgehead atoms. The van der Waals surface area contributed by atoms with Crippen LogP contribution in [0.1, 0.15) is 30.9 Å². The summed E-state index contributed by atoms with van der Waals surface area (Å²) in [6.07, 6.45) is 1.25. The number of aliphatic hydroxyl groups is 1. The number of rotatable bonds is 3. The molecule has 0 aliphatic carbocycles. The maximum absolute atomic E-state index is 12.8. The van der Waals surface area contributed by atoms with Gasteiger partial charge >= 0.3 is 0 Å². The fourth-order valence-electron chi connectivity index (χ4n) is 3.87. The molecule has 0 unspecified atom stereocenters. The summed E-state index contributed by atoms with van der Waals surface area (Å²) < 4.78 is 0. The van der Waals surface area contributed by atoms with Gasteiger partial charge in [-0.1, -0.05) is 30.3 Å². The molecule has 2 N–H and O–H groups in total. The van der Waals surface area contributed by atoms with Gasteiger partial charge in [0.25, 0.3) is 0 Å². The van der Waals surface area contributed by atoms with Crippen molar-refractivity contribution in [1.29, 1.82) is 0 Å². The lowest BCUT2D eigenvalue weighted by Crippen LogP contribution is -2.57. The third-order valence-corrected chi connectivity index (χ3v) is 5.58. The van der Waals surface area contributed by atoms with Crippen LogP contribution in [0.25, 0.3) is 0 Å². The first kappa shape index (κ1) is 17.9. The molecule has 2 heterocycles. The van der Waals surface area contributed by atoms with Gasteiger partial charge in [-0.05, 0) is 37.9 Å². The molecule has 1 spiro atoms. The zero-order valence-corrected chi connectivity index (χ0v) is 14.9. The van der Waals surface area contributed by atoms with Gasteiger partial charge in [-0.15, -0.1) is 0 Å². The highest BCUT2D eigenvalue weighted by atomic mass is 16.3. The SMILES string of the molecule is CN(C)C(=O)CN1CCC2(CC1)C[C@@H](O)[C@H](c1ccccc1)NC2=O. The lowest BCUT2D eigenvalue weighted by molar-refractivity contribution is -0.144. The second kappa shape index (κ2) is 7.14. The van der Waals surface area contributed by atoms with Crippen molar-refractivity contribution in [2.45, 2.75) is 31.4 Å². The Bertz CT molecular complexity index is 624. The number of carbonyl (C=O) groups is 2. The lowest BCUT2D eigenvalue weighted by Gasteiger charge is -2.46. The third kappa shape index (κ3) is 3.70. The van der Waals surface area contributed by atoms with Crippen LogP contribution in [-0.2, 0) is 9.59 Å². The maximum atomic E-state index is 12.8. The number of piperidine rings is 2. The number of nitrogens with zero attached hydrogens (tertiary/aromatic N) is 2. The van der Waals surface area contributed by atoms with Crippen LogP contribution in [0.5, 0.6) is 0 Å². The summed E-state index contributed by atoms with van der Waals surface area (Å²) in [5.74, 6) is 0.110. The Labute approximate surface area is 148 Å². The highest BCUT2D eigenvalue weighted by Crippen LogP contribution is 2.42. The van der Waals surface area contributed by atoms with E-state index in [0.717, 1.165) is 5.56 Å². The van der Waals surface area contributed by atoms with Crippen molar-refractivity contribution in [2.24, 2.45) is 5.41 Å². The summed E-state index contributed by atoms with van der Waals surface area (Å²) in [6, 6.07) is 9.28. The molecule has 0 radical (unpaired) electrons. The molecule has 25 heavy (non-hydrogen) atoms. The molecule has 2 saturated heterocycles. The van der Waals surface area contributed by atoms with E-state index < -0.39 is 11.5 Å². The Morgan fingerprint density at radius 2 is 1.92 bits per heavy atom. The van der Waals surface area contributed by atoms with Crippen LogP contribution in [0.4, 0.5) is 0 Å². The number of carbonyl (C=O) groups excluding carboxylic acids is 2. The number of amides is 2. The minimum Gasteiger partial charge on any atom is -0.391 e. The Morgan fingerprint density at radius 1 is 1.28 bits per heavy atom. The number of nitrogens with one attached hydrogen (secondary N) is 1. The quantitative estimate of drug-likeness (QED) is 0.849. The van der Waals surface area contributed by atoms with Crippen molar-refractivity contribution in [3.63, 3.8) is 0 Å². The summed E-state index contributed by atoms with van der Waals surface area (Å²) in [7, 11) is 3.50. The number of hydrogen-bond acceptors (Lipinski definition) is 4. The van der Waals surface area contributed by atoms with Crippen molar-refractivity contribution >= 4 is 11.8 Å². The van der Waals surface area contributed by atoms with Crippen molar-refractivity contribution < 1.29 is 14.7 Å². The normalized spacial score (nSPS) is 26.3. The molecule has 136 valence electrons. The summed E-state index contributed by atoms with van der Waals surface area (Å²) in [5, 5.41) is 13.7. The number of likely N-dealkylation sites (tertiary alicyclic amines) is 1. The monoisotopic (exact) mass is 345 g/mol. The van der Waals surface area contributed by atoms with Crippen LogP contribution in [0.2, 0.25) is 0 Å². The zero-order valence-electron chi connectivity index (χ0n) is 14.9. The van der Waals surface area contributed by atoms with Gasteiger partial charge in [-0.3, -0.25) is 14.5 Å². The van der Waals surface area contributed by atoms with E-state index >= 15 is 0 Å². The van der Waals surface area contributed by atoms with Gasteiger partial charge in [0, 0.05) is 14.1 Å². The summed E-state index contributed by atoms with van der Waals surface area (Å²) in [6.45, 7) is 1.80. The molecular weight excluding hydrogens is 318 g/mol. The molecule has 2 amide bonds. The molecule has 0 aromatic heterocycles. The van der Waals surface area contributed by atoms with E-state index in [4.69, 9.17) is 0 Å². The number of aliphatic hydroxyl groups excluding tert-OH is 1. The fraction of sp³-hybridized carbons (Fsp3) is 0.579. The Hall–Kier alpha value is -1.92. The van der Waals surface area contributed by atoms with Gasteiger partial charge in [0.05, 0.1) is 24.1 Å². The van der Waals surface area contributed by atoms with E-state index in [9.17, 15) is 14.7 Å². The molecule has 1 aromatic rings. The number of likely N-dealkylation sites (N-methyl/N-ethyl adjacent to an activating group) is 1. The van der Waals surface area contributed by atoms with Crippen molar-refractivity contribution in [2.75, 3.05) is 33.7 Å². The van der Waals surface area contributed by atoms with Crippen LogP contribution >= 0.6 is 0 Å². The highest BCUT2D eigenvalue weighted by Gasteiger charge is 2.48. The van der Waals surface area contributed by atoms with E-state index in [-0.39, 0.29) is 17.9 Å². The summed E-state index contributed by atoms with van der Waals surface area (Å²) >= 11 is 0. The van der Waals surface area contributed by atoms with Gasteiger partial charge in [0.15, 0.2) is 0 Å². The van der Waals surface area contributed by atoms with Gasteiger partial charge in [0.1, 0.15) is 0 Å². The average molecular weight is 345 g/mol. The molecule has 6 nitrogen and oxygen atoms in total. The van der Waals surface area contributed by atoms with Crippen molar-refractivity contribution in [1.82, 2.24) is 15.1 Å². The second-order valence-electron chi connectivity index (χ2n) is 7.48. The molecule has 6 heteroatoms. The van der Waals surface area contributed by atoms with Crippen LogP contribution in [0.15, 0.2) is 30.3 Å². The topological polar surface area (TPSA) is 72.9 Å². The molecule has 0 saturated carbocycles. The summed E-state index contributed by atoms with van der Waals surface area (Å²) in [4.78, 5) is 28.4. The molecule has 1 aromatic carbocycles. The van der Waals surface area contributed by atoms with Crippen LogP contribution in [0, 0.1) is 5.41 Å². The lowest BCUT2D eigenvalue weighted by atomic mass is 9.69. The van der Waals surface area contributed by atoms with Gasteiger partial charge in [-0.25, -0.2) is 0 Å². The van der Waals surface area contributed by atoms with E-state index in [0.29, 0.717) is 38.9 Å². The maximum Gasteiger partial charge on any atom is 0.236 e. The van der Waals surface area contributed by atoms with Crippen LogP contribution < -0.4 is 5.32 Å². The first-order valence-electron chi connectivity index (χ1n) is 8.88. The van der Waals surface area contributed by atoms with E-state index in [1.807, 2.05) is 30.3 Å². The Morgan fingerprint density at radius 3 is 2.52 bits per heavy atom. The van der Waals surface area contributed by atoms with Gasteiger partial charge in [-0.2, -0.15) is 0 Å². The van der Waals surface area contributed by atoms with Crippen LogP contribution in [0.3, 0.4) is 0 Å². The largest absolute Gasteiger partial charge is 0.391 e. The average Bonchev–Trinajstić information content (AvgIpc) is 2.61. The molecule has 2 aliphatic heterocycles. The molecule has 2 aliphatic rings. The van der Waals surface area contributed by atoms with Gasteiger partial charge in [0.2, 0.25) is 11.8 Å². The minimum absolute atomic E-state index is 0.0326. The predicted molar refractivity (Wildman–Crippen MR) is 94.8 cm³/mol. The predicted octanol–water partition coefficient (Wildman–Crippen LogP) is 0.779. The van der Waals surface area contributed by atoms with Gasteiger partial charge < -0.3 is 15.3 Å². The third-order valence-electron chi connectivity index (χ3n) is 5.58. The van der Waals surface area contributed by atoms with Crippen LogP contribution in [-0.4, -0.2) is 66.6 Å². The Balaban J connectivity index is 1.63. The molecule has 3 rings (SSSR count). The zero-order chi connectivity index (χ0) is 18.0. The Kier molecular flexibility index (Phi) is 5.11. The summed E-state index contributed by atoms with van der Waals surface area (Å²) in [5.41, 5.74) is 0.426. The highest BCUT2D eigenvalue weighted by molar-refractivity contribution is 5.84. The smallest absolute Gasteiger partial charge is 0.236 e. The van der Waals surface area contributed by atoms with Crippen molar-refractivity contribution in [3.05, 3.63) is 35.9 Å². The van der Waals surface area contributed by atoms with E-state index in [2.05, 4.69) is 10.2 Å². The fourth-order valence-corrected chi connectivity index (χ4v) is 3.87. The molecular formula is C19H27N3O3. The number of hydrogen-bond donors (Lipinski definition) is 2. The first-order valence-corrected chi connectivity index (χ1v) is 8.88. The molecule has 2 atom stereocenters. The second-order valence-corrected chi connectivity index (χ2v) is 7.48. The standard InChI is InChI=1S/C19H27N3O3/c1-21(2)16(24)13-22-10-8-19(9-11-22)12-15(23)17(20-18(19)25)14-6-4-3-5-7-14/h3-7,15,17,23H,8-13H2,1-2H3,(H,20,25)/t15-,17+/m1/s1. The molecule has 2 fully saturated rings. The minimum atomic E-state index is -0.588. The van der Waals surface area contributed by atoms with E-state index in [1.54, 1.807) is 19.0 Å². The first-order chi connectivity index (χ1) is 11.9. The van der Waals surface area contributed by atoms with Crippen molar-refractivity contribution in [3.8, 4) is 0 Å².